The Morgan fingerprint density at radius 1 is 1.17 bits per heavy atom. The quantitative estimate of drug-likeness (QED) is 0.551. The smallest absolute Gasteiger partial charge is 0.264 e. The van der Waals surface area contributed by atoms with Gasteiger partial charge in [-0.25, -0.2) is 9.67 Å². The predicted octanol–water partition coefficient (Wildman–Crippen LogP) is 3.11. The molecule has 7 nitrogen and oxygen atoms in total. The van der Waals surface area contributed by atoms with Crippen LogP contribution in [0, 0.1) is 0 Å². The lowest BCUT2D eigenvalue weighted by Crippen LogP contribution is -2.33. The van der Waals surface area contributed by atoms with E-state index in [9.17, 15) is 9.59 Å². The summed E-state index contributed by atoms with van der Waals surface area (Å²) >= 11 is 6.04. The molecule has 0 spiro atoms. The van der Waals surface area contributed by atoms with Crippen LogP contribution in [0.4, 0.5) is 0 Å². The normalized spacial score (nSPS) is 12.1. The van der Waals surface area contributed by atoms with Crippen molar-refractivity contribution in [3.8, 4) is 5.69 Å². The molecule has 1 amide bonds. The molecule has 146 valence electrons. The number of nitrogens with one attached hydrogen (secondary N) is 1. The Bertz CT molecular complexity index is 1230. The lowest BCUT2D eigenvalue weighted by atomic mass is 10.1. The predicted molar refractivity (Wildman–Crippen MR) is 111 cm³/mol. The molecule has 0 radical (unpaired) electrons. The standard InChI is InChI=1S/C21H18ClN5O2/c1-14(15-6-3-2-4-7-15)25-19(28)12-26-13-23-20-18(21(26)29)11-24-27(20)17-9-5-8-16(22)10-17/h2-11,13-14H,12H2,1H3,(H,25,28). The summed E-state index contributed by atoms with van der Waals surface area (Å²) < 4.78 is 2.82. The van der Waals surface area contributed by atoms with Gasteiger partial charge in [-0.15, -0.1) is 0 Å². The zero-order chi connectivity index (χ0) is 20.4. The van der Waals surface area contributed by atoms with E-state index >= 15 is 0 Å². The number of rotatable bonds is 5. The second-order valence-corrected chi connectivity index (χ2v) is 7.09. The van der Waals surface area contributed by atoms with Gasteiger partial charge in [0.25, 0.3) is 5.56 Å². The SMILES string of the molecule is CC(NC(=O)Cn1cnc2c(cnn2-c2cccc(Cl)c2)c1=O)c1ccccc1. The first-order valence-corrected chi connectivity index (χ1v) is 9.44. The van der Waals surface area contributed by atoms with Crippen LogP contribution in [0.5, 0.6) is 0 Å². The highest BCUT2D eigenvalue weighted by atomic mass is 35.5. The maximum Gasteiger partial charge on any atom is 0.264 e. The van der Waals surface area contributed by atoms with E-state index in [0.717, 1.165) is 5.56 Å². The van der Waals surface area contributed by atoms with Crippen molar-refractivity contribution < 1.29 is 4.79 Å². The molecule has 1 atom stereocenters. The van der Waals surface area contributed by atoms with Crippen LogP contribution < -0.4 is 10.9 Å². The Hall–Kier alpha value is -3.45. The number of hydrogen-bond donors (Lipinski definition) is 1. The summed E-state index contributed by atoms with van der Waals surface area (Å²) in [5, 5.41) is 8.04. The third-order valence-electron chi connectivity index (χ3n) is 4.60. The van der Waals surface area contributed by atoms with Crippen LogP contribution in [0.15, 0.2) is 71.9 Å². The molecule has 29 heavy (non-hydrogen) atoms. The molecule has 2 aromatic heterocycles. The number of fused-ring (bicyclic) bond motifs is 1. The van der Waals surface area contributed by atoms with Crippen LogP contribution in [-0.4, -0.2) is 25.2 Å². The van der Waals surface area contributed by atoms with Gasteiger partial charge in [0, 0.05) is 5.02 Å². The molecule has 2 aromatic carbocycles. The summed E-state index contributed by atoms with van der Waals surface area (Å²) in [6, 6.07) is 16.6. The highest BCUT2D eigenvalue weighted by molar-refractivity contribution is 6.30. The average molecular weight is 408 g/mol. The second-order valence-electron chi connectivity index (χ2n) is 6.65. The van der Waals surface area contributed by atoms with Gasteiger partial charge >= 0.3 is 0 Å². The van der Waals surface area contributed by atoms with Crippen LogP contribution >= 0.6 is 11.6 Å². The van der Waals surface area contributed by atoms with Gasteiger partial charge in [-0.2, -0.15) is 5.10 Å². The maximum absolute atomic E-state index is 12.8. The van der Waals surface area contributed by atoms with Crippen LogP contribution in [0.1, 0.15) is 18.5 Å². The molecule has 1 N–H and O–H groups in total. The molecule has 0 saturated carbocycles. The van der Waals surface area contributed by atoms with E-state index in [1.165, 1.54) is 17.1 Å². The molecule has 4 aromatic rings. The van der Waals surface area contributed by atoms with E-state index in [-0.39, 0.29) is 24.1 Å². The Morgan fingerprint density at radius 3 is 2.72 bits per heavy atom. The topological polar surface area (TPSA) is 81.8 Å². The molecule has 0 saturated heterocycles. The number of benzene rings is 2. The molecule has 8 heteroatoms. The largest absolute Gasteiger partial charge is 0.348 e. The number of halogens is 1. The van der Waals surface area contributed by atoms with E-state index < -0.39 is 0 Å². The molecule has 0 aliphatic heterocycles. The summed E-state index contributed by atoms with van der Waals surface area (Å²) in [5.41, 5.74) is 1.77. The molecule has 0 fully saturated rings. The van der Waals surface area contributed by atoms with Crippen molar-refractivity contribution in [2.45, 2.75) is 19.5 Å². The van der Waals surface area contributed by atoms with E-state index in [1.54, 1.807) is 22.9 Å². The molecule has 0 bridgehead atoms. The Morgan fingerprint density at radius 2 is 1.97 bits per heavy atom. The molecular formula is C21H18ClN5O2. The molecule has 1 unspecified atom stereocenters. The van der Waals surface area contributed by atoms with Crippen molar-refractivity contribution >= 4 is 28.5 Å². The third kappa shape index (κ3) is 3.90. The number of amides is 1. The van der Waals surface area contributed by atoms with E-state index in [4.69, 9.17) is 11.6 Å². The van der Waals surface area contributed by atoms with Gasteiger partial charge in [0.2, 0.25) is 5.91 Å². The van der Waals surface area contributed by atoms with Crippen molar-refractivity contribution in [2.75, 3.05) is 0 Å². The highest BCUT2D eigenvalue weighted by Gasteiger charge is 2.15. The summed E-state index contributed by atoms with van der Waals surface area (Å²) in [4.78, 5) is 29.5. The minimum absolute atomic E-state index is 0.124. The van der Waals surface area contributed by atoms with Crippen LogP contribution in [0.25, 0.3) is 16.7 Å². The van der Waals surface area contributed by atoms with Gasteiger partial charge < -0.3 is 5.32 Å². The minimum atomic E-state index is -0.328. The number of aromatic nitrogens is 4. The molecule has 4 rings (SSSR count). The lowest BCUT2D eigenvalue weighted by Gasteiger charge is -2.14. The van der Waals surface area contributed by atoms with Crippen LogP contribution in [-0.2, 0) is 11.3 Å². The fourth-order valence-electron chi connectivity index (χ4n) is 3.12. The van der Waals surface area contributed by atoms with Gasteiger partial charge in [-0.1, -0.05) is 48.0 Å². The summed E-state index contributed by atoms with van der Waals surface area (Å²) in [6.07, 6.45) is 2.81. The fourth-order valence-corrected chi connectivity index (χ4v) is 3.31. The van der Waals surface area contributed by atoms with Gasteiger partial charge in [0.05, 0.1) is 17.9 Å². The van der Waals surface area contributed by atoms with Gasteiger partial charge in [-0.3, -0.25) is 14.2 Å². The third-order valence-corrected chi connectivity index (χ3v) is 4.83. The summed E-state index contributed by atoms with van der Waals surface area (Å²) in [6.45, 7) is 1.77. The van der Waals surface area contributed by atoms with E-state index in [1.807, 2.05) is 43.3 Å². The zero-order valence-electron chi connectivity index (χ0n) is 15.6. The number of carbonyl (C=O) groups is 1. The maximum atomic E-state index is 12.8. The Labute approximate surface area is 171 Å². The minimum Gasteiger partial charge on any atom is -0.348 e. The molecule has 2 heterocycles. The number of carbonyl (C=O) groups excluding carboxylic acids is 1. The van der Waals surface area contributed by atoms with Gasteiger partial charge in [-0.05, 0) is 30.7 Å². The van der Waals surface area contributed by atoms with Crippen molar-refractivity contribution in [1.82, 2.24) is 24.6 Å². The zero-order valence-corrected chi connectivity index (χ0v) is 16.4. The van der Waals surface area contributed by atoms with Crippen molar-refractivity contribution in [2.24, 2.45) is 0 Å². The summed E-state index contributed by atoms with van der Waals surface area (Å²) in [7, 11) is 0. The number of nitrogens with zero attached hydrogens (tertiary/aromatic N) is 4. The van der Waals surface area contributed by atoms with Crippen LogP contribution in [0.2, 0.25) is 5.02 Å². The van der Waals surface area contributed by atoms with Crippen molar-refractivity contribution in [1.29, 1.82) is 0 Å². The first-order valence-electron chi connectivity index (χ1n) is 9.06. The van der Waals surface area contributed by atoms with E-state index in [0.29, 0.717) is 21.7 Å². The van der Waals surface area contributed by atoms with Gasteiger partial charge in [0.1, 0.15) is 18.3 Å². The van der Waals surface area contributed by atoms with Gasteiger partial charge in [0.15, 0.2) is 5.65 Å². The first kappa shape index (κ1) is 18.9. The fraction of sp³-hybridized carbons (Fsp3) is 0.143. The number of hydrogen-bond acceptors (Lipinski definition) is 4. The Balaban J connectivity index is 1.57. The Kier molecular flexibility index (Phi) is 5.14. The average Bonchev–Trinajstić information content (AvgIpc) is 3.15. The molecular weight excluding hydrogens is 390 g/mol. The van der Waals surface area contributed by atoms with Crippen molar-refractivity contribution in [3.05, 3.63) is 88.1 Å². The van der Waals surface area contributed by atoms with E-state index in [2.05, 4.69) is 15.4 Å². The summed E-state index contributed by atoms with van der Waals surface area (Å²) in [5.74, 6) is -0.271. The highest BCUT2D eigenvalue weighted by Crippen LogP contribution is 2.17. The lowest BCUT2D eigenvalue weighted by molar-refractivity contribution is -0.122. The van der Waals surface area contributed by atoms with Crippen molar-refractivity contribution in [3.63, 3.8) is 0 Å². The molecule has 0 aliphatic rings. The molecule has 0 aliphatic carbocycles. The monoisotopic (exact) mass is 407 g/mol. The first-order chi connectivity index (χ1) is 14.0. The van der Waals surface area contributed by atoms with Crippen LogP contribution in [0.3, 0.4) is 0 Å². The second kappa shape index (κ2) is 7.89.